The number of hydrogen-bond acceptors (Lipinski definition) is 3. The minimum absolute atomic E-state index is 0.0807. The predicted molar refractivity (Wildman–Crippen MR) is 77.3 cm³/mol. The van der Waals surface area contributed by atoms with Crippen LogP contribution in [0, 0.1) is 0 Å². The lowest BCUT2D eigenvalue weighted by molar-refractivity contribution is -0.143. The molecule has 0 atom stereocenters. The molecule has 0 saturated carbocycles. The maximum Gasteiger partial charge on any atom is 0.305 e. The number of rotatable bonds is 8. The molecule has 0 aromatic heterocycles. The summed E-state index contributed by atoms with van der Waals surface area (Å²) in [5.41, 5.74) is 0. The van der Waals surface area contributed by atoms with Gasteiger partial charge in [0.15, 0.2) is 0 Å². The normalized spacial score (nSPS) is 10.3. The number of carbonyl (C=O) groups excluding carboxylic acids is 1. The van der Waals surface area contributed by atoms with Crippen molar-refractivity contribution in [3.8, 4) is 0 Å². The Labute approximate surface area is 118 Å². The third-order valence-electron chi connectivity index (χ3n) is 2.41. The molecule has 1 aromatic carbocycles. The summed E-state index contributed by atoms with van der Waals surface area (Å²) in [7, 11) is 0. The SMILES string of the molecule is CCOC(=O)CCCCCSc1ccc(Cl)cc1. The monoisotopic (exact) mass is 286 g/mol. The van der Waals surface area contributed by atoms with E-state index in [2.05, 4.69) is 0 Å². The summed E-state index contributed by atoms with van der Waals surface area (Å²) in [5, 5.41) is 0.772. The summed E-state index contributed by atoms with van der Waals surface area (Å²) in [6.07, 6.45) is 3.64. The quantitative estimate of drug-likeness (QED) is 0.398. The predicted octanol–water partition coefficient (Wildman–Crippen LogP) is 4.56. The average Bonchev–Trinajstić information content (AvgIpc) is 2.36. The van der Waals surface area contributed by atoms with Crippen molar-refractivity contribution in [2.24, 2.45) is 0 Å². The Morgan fingerprint density at radius 2 is 1.94 bits per heavy atom. The molecular formula is C14H19ClO2S. The first-order valence-corrected chi connectivity index (χ1v) is 7.62. The Hall–Kier alpha value is -0.670. The Bertz CT molecular complexity index is 351. The van der Waals surface area contributed by atoms with Crippen molar-refractivity contribution in [3.05, 3.63) is 29.3 Å². The molecule has 0 fully saturated rings. The van der Waals surface area contributed by atoms with Gasteiger partial charge < -0.3 is 4.74 Å². The largest absolute Gasteiger partial charge is 0.466 e. The van der Waals surface area contributed by atoms with Gasteiger partial charge in [-0.15, -0.1) is 11.8 Å². The third kappa shape index (κ3) is 6.92. The van der Waals surface area contributed by atoms with Gasteiger partial charge in [-0.1, -0.05) is 18.0 Å². The smallest absolute Gasteiger partial charge is 0.305 e. The second kappa shape index (κ2) is 9.29. The Kier molecular flexibility index (Phi) is 7.94. The fraction of sp³-hybridized carbons (Fsp3) is 0.500. The van der Waals surface area contributed by atoms with Crippen molar-refractivity contribution < 1.29 is 9.53 Å². The van der Waals surface area contributed by atoms with Crippen LogP contribution in [0.25, 0.3) is 0 Å². The number of benzene rings is 1. The first-order valence-electron chi connectivity index (χ1n) is 6.26. The van der Waals surface area contributed by atoms with Gasteiger partial charge in [-0.2, -0.15) is 0 Å². The molecule has 0 N–H and O–H groups in total. The number of halogens is 1. The molecule has 0 amide bonds. The highest BCUT2D eigenvalue weighted by Crippen LogP contribution is 2.21. The lowest BCUT2D eigenvalue weighted by Gasteiger charge is -2.03. The molecule has 18 heavy (non-hydrogen) atoms. The fourth-order valence-electron chi connectivity index (χ4n) is 1.50. The number of hydrogen-bond donors (Lipinski definition) is 0. The standard InChI is InChI=1S/C14H19ClO2S/c1-2-17-14(16)6-4-3-5-11-18-13-9-7-12(15)8-10-13/h7-10H,2-6,11H2,1H3. The molecule has 1 rings (SSSR count). The van der Waals surface area contributed by atoms with E-state index in [9.17, 15) is 4.79 Å². The van der Waals surface area contributed by atoms with Gasteiger partial charge in [-0.3, -0.25) is 4.79 Å². The number of unbranched alkanes of at least 4 members (excludes halogenated alkanes) is 2. The lowest BCUT2D eigenvalue weighted by Crippen LogP contribution is -2.03. The van der Waals surface area contributed by atoms with Crippen LogP contribution in [0.1, 0.15) is 32.6 Å². The van der Waals surface area contributed by atoms with Crippen LogP contribution in [0.5, 0.6) is 0 Å². The molecule has 0 aliphatic heterocycles. The van der Waals surface area contributed by atoms with Crippen LogP contribution in [-0.2, 0) is 9.53 Å². The van der Waals surface area contributed by atoms with E-state index in [0.717, 1.165) is 30.0 Å². The molecule has 4 heteroatoms. The third-order valence-corrected chi connectivity index (χ3v) is 3.76. The molecular weight excluding hydrogens is 268 g/mol. The van der Waals surface area contributed by atoms with E-state index in [1.165, 1.54) is 4.90 Å². The van der Waals surface area contributed by atoms with Crippen LogP contribution < -0.4 is 0 Å². The van der Waals surface area contributed by atoms with Crippen molar-refractivity contribution in [3.63, 3.8) is 0 Å². The van der Waals surface area contributed by atoms with Gasteiger partial charge in [0.1, 0.15) is 0 Å². The van der Waals surface area contributed by atoms with Crippen LogP contribution in [0.4, 0.5) is 0 Å². The Morgan fingerprint density at radius 3 is 2.61 bits per heavy atom. The Balaban J connectivity index is 2.02. The number of thioether (sulfide) groups is 1. The van der Waals surface area contributed by atoms with Gasteiger partial charge >= 0.3 is 5.97 Å². The van der Waals surface area contributed by atoms with Crippen molar-refractivity contribution in [2.75, 3.05) is 12.4 Å². The minimum Gasteiger partial charge on any atom is -0.466 e. The van der Waals surface area contributed by atoms with E-state index >= 15 is 0 Å². The zero-order valence-electron chi connectivity index (χ0n) is 10.7. The lowest BCUT2D eigenvalue weighted by atomic mass is 10.2. The van der Waals surface area contributed by atoms with E-state index in [0.29, 0.717) is 13.0 Å². The number of esters is 1. The van der Waals surface area contributed by atoms with E-state index in [1.54, 1.807) is 0 Å². The molecule has 0 spiro atoms. The molecule has 0 radical (unpaired) electrons. The summed E-state index contributed by atoms with van der Waals surface area (Å²) >= 11 is 7.64. The van der Waals surface area contributed by atoms with Gasteiger partial charge in [0.2, 0.25) is 0 Å². The van der Waals surface area contributed by atoms with E-state index in [1.807, 2.05) is 43.0 Å². The van der Waals surface area contributed by atoms with Crippen molar-refractivity contribution in [1.82, 2.24) is 0 Å². The average molecular weight is 287 g/mol. The topological polar surface area (TPSA) is 26.3 Å². The van der Waals surface area contributed by atoms with Gasteiger partial charge in [-0.05, 0) is 49.8 Å². The van der Waals surface area contributed by atoms with Crippen molar-refractivity contribution >= 4 is 29.3 Å². The molecule has 0 aliphatic rings. The second-order valence-electron chi connectivity index (χ2n) is 3.92. The first kappa shape index (κ1) is 15.4. The van der Waals surface area contributed by atoms with Crippen LogP contribution in [0.15, 0.2) is 29.2 Å². The molecule has 0 aliphatic carbocycles. The number of ether oxygens (including phenoxy) is 1. The maximum absolute atomic E-state index is 11.1. The molecule has 0 bridgehead atoms. The summed E-state index contributed by atoms with van der Waals surface area (Å²) in [6.45, 7) is 2.31. The molecule has 0 saturated heterocycles. The molecule has 2 nitrogen and oxygen atoms in total. The molecule has 100 valence electrons. The van der Waals surface area contributed by atoms with E-state index < -0.39 is 0 Å². The summed E-state index contributed by atoms with van der Waals surface area (Å²) < 4.78 is 4.87. The van der Waals surface area contributed by atoms with E-state index in [4.69, 9.17) is 16.3 Å². The first-order chi connectivity index (χ1) is 8.72. The van der Waals surface area contributed by atoms with Crippen LogP contribution in [-0.4, -0.2) is 18.3 Å². The van der Waals surface area contributed by atoms with E-state index in [-0.39, 0.29) is 5.97 Å². The molecule has 1 aromatic rings. The second-order valence-corrected chi connectivity index (χ2v) is 5.52. The van der Waals surface area contributed by atoms with Crippen LogP contribution in [0.3, 0.4) is 0 Å². The fourth-order valence-corrected chi connectivity index (χ4v) is 2.54. The highest BCUT2D eigenvalue weighted by molar-refractivity contribution is 7.99. The van der Waals surface area contributed by atoms with Gasteiger partial charge in [0, 0.05) is 16.3 Å². The summed E-state index contributed by atoms with van der Waals surface area (Å²) in [6, 6.07) is 7.88. The maximum atomic E-state index is 11.1. The Morgan fingerprint density at radius 1 is 1.22 bits per heavy atom. The zero-order valence-corrected chi connectivity index (χ0v) is 12.2. The van der Waals surface area contributed by atoms with Gasteiger partial charge in [-0.25, -0.2) is 0 Å². The number of carbonyl (C=O) groups is 1. The highest BCUT2D eigenvalue weighted by atomic mass is 35.5. The van der Waals surface area contributed by atoms with Crippen LogP contribution in [0.2, 0.25) is 5.02 Å². The molecule has 0 unspecified atom stereocenters. The summed E-state index contributed by atoms with van der Waals surface area (Å²) in [5.74, 6) is 0.993. The highest BCUT2D eigenvalue weighted by Gasteiger charge is 2.00. The van der Waals surface area contributed by atoms with Gasteiger partial charge in [0.25, 0.3) is 0 Å². The summed E-state index contributed by atoms with van der Waals surface area (Å²) in [4.78, 5) is 12.3. The zero-order chi connectivity index (χ0) is 13.2. The molecule has 0 heterocycles. The minimum atomic E-state index is -0.0807. The van der Waals surface area contributed by atoms with Crippen LogP contribution >= 0.6 is 23.4 Å². The van der Waals surface area contributed by atoms with Crippen molar-refractivity contribution in [2.45, 2.75) is 37.5 Å². The van der Waals surface area contributed by atoms with Gasteiger partial charge in [0.05, 0.1) is 6.61 Å². The van der Waals surface area contributed by atoms with Crippen molar-refractivity contribution in [1.29, 1.82) is 0 Å².